The van der Waals surface area contributed by atoms with E-state index in [1.165, 1.54) is 23.1 Å². The molecule has 2 aromatic carbocycles. The van der Waals surface area contributed by atoms with Crippen molar-refractivity contribution in [1.82, 2.24) is 19.7 Å². The second-order valence-electron chi connectivity index (χ2n) is 8.37. The second kappa shape index (κ2) is 12.0. The number of halogens is 3. The Balaban J connectivity index is 0.000000587. The van der Waals surface area contributed by atoms with Crippen LogP contribution in [0.15, 0.2) is 71.9 Å². The van der Waals surface area contributed by atoms with Crippen LogP contribution in [0.25, 0.3) is 16.8 Å². The number of nitrogens with two attached hydrogens (primary N) is 1. The normalized spacial score (nSPS) is 11.2. The number of carbonyl (C=O) groups is 2. The predicted octanol–water partition coefficient (Wildman–Crippen LogP) is 3.21. The average molecular weight is 590 g/mol. The lowest BCUT2D eigenvalue weighted by atomic mass is 10.1. The number of aryl methyl sites for hydroxylation is 1. The Kier molecular flexibility index (Phi) is 8.87. The van der Waals surface area contributed by atoms with Gasteiger partial charge < -0.3 is 10.8 Å². The number of aliphatic carboxylic acids is 1. The number of sulfone groups is 1. The Bertz CT molecular complexity index is 1720. The number of carbonyl (C=O) groups excluding carboxylic acids is 1. The van der Waals surface area contributed by atoms with Crippen LogP contribution in [0.2, 0.25) is 0 Å². The van der Waals surface area contributed by atoms with Crippen molar-refractivity contribution in [3.63, 3.8) is 0 Å². The Hall–Kier alpha value is -5.12. The molecule has 0 aliphatic rings. The van der Waals surface area contributed by atoms with Crippen molar-refractivity contribution in [2.75, 3.05) is 11.6 Å². The van der Waals surface area contributed by atoms with Gasteiger partial charge in [0.25, 0.3) is 5.91 Å². The number of benzene rings is 2. The van der Waals surface area contributed by atoms with Crippen molar-refractivity contribution in [3.05, 3.63) is 83.9 Å². The number of nitrogen functional groups attached to an aromatic ring is 1. The van der Waals surface area contributed by atoms with Gasteiger partial charge in [-0.1, -0.05) is 30.3 Å². The van der Waals surface area contributed by atoms with Gasteiger partial charge in [-0.05, 0) is 31.2 Å². The van der Waals surface area contributed by atoms with E-state index in [2.05, 4.69) is 20.4 Å². The third kappa shape index (κ3) is 7.72. The van der Waals surface area contributed by atoms with Crippen LogP contribution in [0.5, 0.6) is 0 Å². The number of aromatic nitrogens is 4. The summed E-state index contributed by atoms with van der Waals surface area (Å²) in [6.07, 6.45) is -1.05. The largest absolute Gasteiger partial charge is 0.490 e. The van der Waals surface area contributed by atoms with Crippen molar-refractivity contribution < 1.29 is 36.3 Å². The number of hydrogen-bond donors (Lipinski definition) is 4. The van der Waals surface area contributed by atoms with Crippen molar-refractivity contribution >= 4 is 33.5 Å². The first-order valence-corrected chi connectivity index (χ1v) is 13.2. The van der Waals surface area contributed by atoms with Gasteiger partial charge in [0, 0.05) is 35.3 Å². The van der Waals surface area contributed by atoms with Crippen LogP contribution in [-0.2, 0) is 14.6 Å². The molecule has 41 heavy (non-hydrogen) atoms. The molecule has 16 heteroatoms. The molecule has 1 amide bonds. The maximum Gasteiger partial charge on any atom is 0.490 e. The first-order valence-electron chi connectivity index (χ1n) is 11.3. The fourth-order valence-electron chi connectivity index (χ4n) is 3.39. The molecular formula is C25H22F3N7O5S. The molecule has 0 spiro atoms. The molecule has 12 nitrogen and oxygen atoms in total. The minimum Gasteiger partial charge on any atom is -0.475 e. The molecule has 0 bridgehead atoms. The van der Waals surface area contributed by atoms with Crippen LogP contribution in [0.3, 0.4) is 0 Å². The summed E-state index contributed by atoms with van der Waals surface area (Å²) in [5, 5.41) is 21.8. The molecule has 4 aromatic rings. The molecule has 2 aromatic heterocycles. The number of rotatable bonds is 6. The highest BCUT2D eigenvalue weighted by Crippen LogP contribution is 2.26. The van der Waals surface area contributed by atoms with Gasteiger partial charge in [-0.3, -0.25) is 15.5 Å². The number of anilines is 1. The lowest BCUT2D eigenvalue weighted by Gasteiger charge is -2.10. The highest BCUT2D eigenvalue weighted by molar-refractivity contribution is 7.90. The maximum absolute atomic E-state index is 13.0. The summed E-state index contributed by atoms with van der Waals surface area (Å²) in [7, 11) is -3.44. The molecule has 0 saturated heterocycles. The van der Waals surface area contributed by atoms with Gasteiger partial charge in [0.15, 0.2) is 9.84 Å². The van der Waals surface area contributed by atoms with Crippen molar-refractivity contribution in [1.29, 1.82) is 5.41 Å². The number of amidine groups is 1. The van der Waals surface area contributed by atoms with Crippen molar-refractivity contribution in [2.24, 2.45) is 5.73 Å². The maximum atomic E-state index is 13.0. The summed E-state index contributed by atoms with van der Waals surface area (Å²) >= 11 is 0. The van der Waals surface area contributed by atoms with Gasteiger partial charge in [0.1, 0.15) is 11.5 Å². The van der Waals surface area contributed by atoms with E-state index in [1.807, 2.05) is 0 Å². The highest BCUT2D eigenvalue weighted by Gasteiger charge is 2.38. The molecule has 0 unspecified atom stereocenters. The SMILES string of the molecule is Cc1cc(C(=O)Nc2ncc(-c3ccccc3S(C)(=O)=O)cn2)n(-c2cccc(C(=N)N)c2)n1.O=C(O)C(F)(F)F. The zero-order valence-electron chi connectivity index (χ0n) is 21.3. The summed E-state index contributed by atoms with van der Waals surface area (Å²) < 4.78 is 57.3. The van der Waals surface area contributed by atoms with E-state index in [4.69, 9.17) is 21.0 Å². The zero-order chi connectivity index (χ0) is 30.5. The number of nitrogens with one attached hydrogen (secondary N) is 2. The molecule has 0 atom stereocenters. The predicted molar refractivity (Wildman–Crippen MR) is 142 cm³/mol. The Morgan fingerprint density at radius 1 is 1.05 bits per heavy atom. The topological polar surface area (TPSA) is 194 Å². The van der Waals surface area contributed by atoms with Crippen LogP contribution in [-0.4, -0.2) is 63.4 Å². The third-order valence-electron chi connectivity index (χ3n) is 5.18. The fourth-order valence-corrected chi connectivity index (χ4v) is 4.30. The zero-order valence-corrected chi connectivity index (χ0v) is 22.2. The molecule has 0 radical (unpaired) electrons. The van der Waals surface area contributed by atoms with Gasteiger partial charge in [-0.25, -0.2) is 27.9 Å². The van der Waals surface area contributed by atoms with Gasteiger partial charge in [0.2, 0.25) is 5.95 Å². The average Bonchev–Trinajstić information content (AvgIpc) is 3.30. The second-order valence-corrected chi connectivity index (χ2v) is 10.4. The molecule has 2 heterocycles. The molecule has 0 saturated carbocycles. The monoisotopic (exact) mass is 589 g/mol. The number of carboxylic acids is 1. The quantitative estimate of drug-likeness (QED) is 0.193. The lowest BCUT2D eigenvalue weighted by Crippen LogP contribution is -2.21. The van der Waals surface area contributed by atoms with Crippen LogP contribution in [0.1, 0.15) is 21.7 Å². The van der Waals surface area contributed by atoms with Crippen LogP contribution < -0.4 is 11.1 Å². The molecule has 0 fully saturated rings. The number of nitrogens with zero attached hydrogens (tertiary/aromatic N) is 4. The van der Waals surface area contributed by atoms with Crippen molar-refractivity contribution in [3.8, 4) is 16.8 Å². The van der Waals surface area contributed by atoms with Gasteiger partial charge in [-0.2, -0.15) is 18.3 Å². The number of amides is 1. The van der Waals surface area contributed by atoms with Gasteiger partial charge >= 0.3 is 12.1 Å². The van der Waals surface area contributed by atoms with Crippen LogP contribution in [0, 0.1) is 12.3 Å². The number of alkyl halides is 3. The molecule has 0 aliphatic carbocycles. The summed E-state index contributed by atoms with van der Waals surface area (Å²) in [5.41, 5.74) is 8.49. The molecule has 0 aliphatic heterocycles. The Morgan fingerprint density at radius 2 is 1.66 bits per heavy atom. The van der Waals surface area contributed by atoms with E-state index in [0.29, 0.717) is 28.1 Å². The van der Waals surface area contributed by atoms with E-state index in [0.717, 1.165) is 6.26 Å². The summed E-state index contributed by atoms with van der Waals surface area (Å²) in [6.45, 7) is 1.76. The highest BCUT2D eigenvalue weighted by atomic mass is 32.2. The third-order valence-corrected chi connectivity index (χ3v) is 6.34. The summed E-state index contributed by atoms with van der Waals surface area (Å²) in [5.74, 6) is -3.29. The molecule has 4 rings (SSSR count). The van der Waals surface area contributed by atoms with E-state index >= 15 is 0 Å². The van der Waals surface area contributed by atoms with E-state index in [9.17, 15) is 26.4 Å². The number of carboxylic acid groups (broad SMARTS) is 1. The molecular weight excluding hydrogens is 567 g/mol. The fraction of sp³-hybridized carbons (Fsp3) is 0.120. The van der Waals surface area contributed by atoms with Gasteiger partial charge in [0.05, 0.1) is 16.3 Å². The van der Waals surface area contributed by atoms with Crippen LogP contribution >= 0.6 is 0 Å². The van der Waals surface area contributed by atoms with E-state index in [1.54, 1.807) is 55.5 Å². The molecule has 214 valence electrons. The Morgan fingerprint density at radius 3 is 2.22 bits per heavy atom. The minimum atomic E-state index is -5.08. The van der Waals surface area contributed by atoms with E-state index in [-0.39, 0.29) is 22.4 Å². The van der Waals surface area contributed by atoms with E-state index < -0.39 is 27.9 Å². The summed E-state index contributed by atoms with van der Waals surface area (Å²) in [4.78, 5) is 30.4. The standard InChI is InChI=1S/C23H21N7O3S.C2HF3O2/c1-14-10-19(30(29-14)17-7-5-6-15(11-17)21(24)25)22(31)28-23-26-12-16(13-27-23)18-8-3-4-9-20(18)34(2,32)33;3-2(4,5)1(6)7/h3-13H,1-2H3,(H3,24,25)(H,26,27,28,31);(H,6,7). The molecule has 5 N–H and O–H groups in total. The number of hydrogen-bond acceptors (Lipinski definition) is 8. The van der Waals surface area contributed by atoms with Gasteiger partial charge in [-0.15, -0.1) is 0 Å². The smallest absolute Gasteiger partial charge is 0.475 e. The van der Waals surface area contributed by atoms with Crippen molar-refractivity contribution in [2.45, 2.75) is 18.0 Å². The first kappa shape index (κ1) is 30.4. The van der Waals surface area contributed by atoms with Crippen LogP contribution in [0.4, 0.5) is 19.1 Å². The summed E-state index contributed by atoms with van der Waals surface area (Å²) in [6, 6.07) is 15.0. The Labute approximate surface area is 231 Å². The lowest BCUT2D eigenvalue weighted by molar-refractivity contribution is -0.192. The minimum absolute atomic E-state index is 0.0495. The first-order chi connectivity index (χ1) is 19.1.